The van der Waals surface area contributed by atoms with Crippen LogP contribution in [0.3, 0.4) is 0 Å². The van der Waals surface area contributed by atoms with Gasteiger partial charge >= 0.3 is 0 Å². The van der Waals surface area contributed by atoms with Gasteiger partial charge in [-0.1, -0.05) is 97.1 Å². The second kappa shape index (κ2) is 7.09. The molecule has 0 bridgehead atoms. The molecule has 0 radical (unpaired) electrons. The minimum atomic E-state index is 0.316. The van der Waals surface area contributed by atoms with Crippen molar-refractivity contribution in [2.75, 3.05) is 0 Å². The SMILES string of the molecule is C(=Cc1ccccc1)CC=CC1(C=Cc2ccccc2)CC1. The van der Waals surface area contributed by atoms with Gasteiger partial charge in [-0.05, 0) is 30.4 Å². The lowest BCUT2D eigenvalue weighted by molar-refractivity contribution is 0.857. The molecule has 1 aliphatic rings. The number of hydrogen-bond acceptors (Lipinski definition) is 0. The zero-order valence-corrected chi connectivity index (χ0v) is 12.9. The summed E-state index contributed by atoms with van der Waals surface area (Å²) < 4.78 is 0. The van der Waals surface area contributed by atoms with Gasteiger partial charge in [0.05, 0.1) is 0 Å². The molecule has 3 rings (SSSR count). The van der Waals surface area contributed by atoms with Crippen LogP contribution in [0.15, 0.2) is 85.0 Å². The molecule has 0 unspecified atom stereocenters. The van der Waals surface area contributed by atoms with Crippen LogP contribution in [0.25, 0.3) is 12.2 Å². The van der Waals surface area contributed by atoms with E-state index in [0.717, 1.165) is 6.42 Å². The van der Waals surface area contributed by atoms with Crippen LogP contribution < -0.4 is 0 Å². The van der Waals surface area contributed by atoms with E-state index in [4.69, 9.17) is 0 Å². The molecule has 0 aromatic heterocycles. The smallest absolute Gasteiger partial charge is 0.00652 e. The van der Waals surface area contributed by atoms with Gasteiger partial charge in [0.1, 0.15) is 0 Å². The predicted molar refractivity (Wildman–Crippen MR) is 96.4 cm³/mol. The lowest BCUT2D eigenvalue weighted by atomic mass is 10.0. The fourth-order valence-electron chi connectivity index (χ4n) is 2.51. The van der Waals surface area contributed by atoms with E-state index in [9.17, 15) is 0 Å². The molecule has 0 nitrogen and oxygen atoms in total. The first kappa shape index (κ1) is 14.6. The molecule has 2 aromatic rings. The molecule has 1 aliphatic carbocycles. The molecule has 0 heteroatoms. The minimum Gasteiger partial charge on any atom is -0.0839 e. The van der Waals surface area contributed by atoms with Gasteiger partial charge in [0.2, 0.25) is 0 Å². The molecule has 0 atom stereocenters. The van der Waals surface area contributed by atoms with Crippen molar-refractivity contribution >= 4 is 12.2 Å². The third-order valence-corrected chi connectivity index (χ3v) is 4.07. The molecule has 0 aliphatic heterocycles. The lowest BCUT2D eigenvalue weighted by Crippen LogP contribution is -1.88. The number of allylic oxidation sites excluding steroid dienone is 4. The van der Waals surface area contributed by atoms with Crippen LogP contribution >= 0.6 is 0 Å². The van der Waals surface area contributed by atoms with Crippen molar-refractivity contribution in [3.63, 3.8) is 0 Å². The lowest BCUT2D eigenvalue weighted by Gasteiger charge is -2.02. The maximum absolute atomic E-state index is 2.38. The van der Waals surface area contributed by atoms with Crippen molar-refractivity contribution in [2.24, 2.45) is 5.41 Å². The highest BCUT2D eigenvalue weighted by Gasteiger charge is 2.36. The van der Waals surface area contributed by atoms with Crippen molar-refractivity contribution in [1.82, 2.24) is 0 Å². The van der Waals surface area contributed by atoms with Crippen molar-refractivity contribution in [3.8, 4) is 0 Å². The largest absolute Gasteiger partial charge is 0.0839 e. The summed E-state index contributed by atoms with van der Waals surface area (Å²) in [4.78, 5) is 0. The Morgan fingerprint density at radius 2 is 1.27 bits per heavy atom. The highest BCUT2D eigenvalue weighted by Crippen LogP contribution is 2.48. The minimum absolute atomic E-state index is 0.316. The Morgan fingerprint density at radius 3 is 1.86 bits per heavy atom. The summed E-state index contributed by atoms with van der Waals surface area (Å²) >= 11 is 0. The van der Waals surface area contributed by atoms with Gasteiger partial charge < -0.3 is 0 Å². The quantitative estimate of drug-likeness (QED) is 0.559. The Balaban J connectivity index is 1.52. The first-order valence-electron chi connectivity index (χ1n) is 8.00. The Kier molecular flexibility index (Phi) is 4.70. The molecule has 110 valence electrons. The summed E-state index contributed by atoms with van der Waals surface area (Å²) in [6.07, 6.45) is 17.2. The molecular formula is C22H22. The second-order valence-electron chi connectivity index (χ2n) is 5.93. The average molecular weight is 286 g/mol. The van der Waals surface area contributed by atoms with Crippen LogP contribution in [-0.4, -0.2) is 0 Å². The fraction of sp³-hybridized carbons (Fsp3) is 0.182. The van der Waals surface area contributed by atoms with E-state index in [0.29, 0.717) is 5.41 Å². The predicted octanol–water partition coefficient (Wildman–Crippen LogP) is 6.14. The van der Waals surface area contributed by atoms with Crippen molar-refractivity contribution in [3.05, 3.63) is 96.1 Å². The molecule has 1 saturated carbocycles. The highest BCUT2D eigenvalue weighted by atomic mass is 14.4. The molecule has 0 N–H and O–H groups in total. The van der Waals surface area contributed by atoms with Gasteiger partial charge in [0, 0.05) is 5.41 Å². The average Bonchev–Trinajstić information content (AvgIpc) is 3.35. The van der Waals surface area contributed by atoms with Gasteiger partial charge in [-0.15, -0.1) is 0 Å². The van der Waals surface area contributed by atoms with E-state index in [1.54, 1.807) is 0 Å². The van der Waals surface area contributed by atoms with Crippen LogP contribution in [0, 0.1) is 5.41 Å². The van der Waals surface area contributed by atoms with Crippen LogP contribution in [0.1, 0.15) is 30.4 Å². The van der Waals surface area contributed by atoms with E-state index in [-0.39, 0.29) is 0 Å². The van der Waals surface area contributed by atoms with Crippen LogP contribution in [0.4, 0.5) is 0 Å². The zero-order valence-electron chi connectivity index (χ0n) is 12.9. The summed E-state index contributed by atoms with van der Waals surface area (Å²) in [7, 11) is 0. The summed E-state index contributed by atoms with van der Waals surface area (Å²) in [5.41, 5.74) is 2.86. The van der Waals surface area contributed by atoms with E-state index in [1.165, 1.54) is 24.0 Å². The van der Waals surface area contributed by atoms with Crippen molar-refractivity contribution in [1.29, 1.82) is 0 Å². The van der Waals surface area contributed by atoms with Crippen LogP contribution in [0.2, 0.25) is 0 Å². The maximum atomic E-state index is 2.38. The second-order valence-corrected chi connectivity index (χ2v) is 5.93. The van der Waals surface area contributed by atoms with Crippen molar-refractivity contribution in [2.45, 2.75) is 19.3 Å². The Morgan fingerprint density at radius 1 is 0.682 bits per heavy atom. The monoisotopic (exact) mass is 286 g/mol. The molecule has 0 amide bonds. The van der Waals surface area contributed by atoms with Gasteiger partial charge in [-0.2, -0.15) is 0 Å². The van der Waals surface area contributed by atoms with Gasteiger partial charge in [-0.3, -0.25) is 0 Å². The molecule has 0 spiro atoms. The highest BCUT2D eigenvalue weighted by molar-refractivity contribution is 5.52. The summed E-state index contributed by atoms with van der Waals surface area (Å²) in [6, 6.07) is 21.0. The Labute approximate surface area is 133 Å². The molecular weight excluding hydrogens is 264 g/mol. The number of benzene rings is 2. The first-order valence-corrected chi connectivity index (χ1v) is 8.00. The molecule has 0 heterocycles. The standard InChI is InChI=1S/C22H22/c1-4-10-20(11-5-1)12-8-3-9-16-22(18-19-22)17-15-21-13-6-2-7-14-21/h1-2,4-17H,3,18-19H2. The normalized spacial score (nSPS) is 16.7. The molecule has 0 saturated heterocycles. The van der Waals surface area contributed by atoms with E-state index >= 15 is 0 Å². The number of hydrogen-bond donors (Lipinski definition) is 0. The topological polar surface area (TPSA) is 0 Å². The third-order valence-electron chi connectivity index (χ3n) is 4.07. The van der Waals surface area contributed by atoms with Gasteiger partial charge in [0.25, 0.3) is 0 Å². The Bertz CT molecular complexity index is 656. The fourth-order valence-corrected chi connectivity index (χ4v) is 2.51. The summed E-state index contributed by atoms with van der Waals surface area (Å²) in [6.45, 7) is 0. The van der Waals surface area contributed by atoms with Crippen LogP contribution in [0.5, 0.6) is 0 Å². The summed E-state index contributed by atoms with van der Waals surface area (Å²) in [5.74, 6) is 0. The van der Waals surface area contributed by atoms with E-state index in [2.05, 4.69) is 91.1 Å². The third kappa shape index (κ3) is 4.33. The molecule has 2 aromatic carbocycles. The number of rotatable bonds is 6. The van der Waals surface area contributed by atoms with E-state index in [1.807, 2.05) is 6.07 Å². The summed E-state index contributed by atoms with van der Waals surface area (Å²) in [5, 5.41) is 0. The van der Waals surface area contributed by atoms with Crippen molar-refractivity contribution < 1.29 is 0 Å². The molecule has 22 heavy (non-hydrogen) atoms. The molecule has 1 fully saturated rings. The van der Waals surface area contributed by atoms with Crippen LogP contribution in [-0.2, 0) is 0 Å². The Hall–Kier alpha value is -2.34. The van der Waals surface area contributed by atoms with Gasteiger partial charge in [-0.25, -0.2) is 0 Å². The van der Waals surface area contributed by atoms with Gasteiger partial charge in [0.15, 0.2) is 0 Å². The first-order chi connectivity index (χ1) is 10.9. The zero-order chi connectivity index (χ0) is 15.1. The van der Waals surface area contributed by atoms with E-state index < -0.39 is 0 Å². The maximum Gasteiger partial charge on any atom is 0.00652 e.